The molecule has 2 N–H and O–H groups in total. The molecule has 0 aliphatic heterocycles. The lowest BCUT2D eigenvalue weighted by Crippen LogP contribution is -2.47. The molecular formula is C14H28N2O2. The first kappa shape index (κ1) is 15.4. The van der Waals surface area contributed by atoms with Gasteiger partial charge in [-0.1, -0.05) is 20.8 Å². The molecule has 0 aromatic rings. The van der Waals surface area contributed by atoms with Gasteiger partial charge in [0.2, 0.25) is 5.91 Å². The molecule has 0 aromatic carbocycles. The minimum absolute atomic E-state index is 0.0997. The van der Waals surface area contributed by atoms with Gasteiger partial charge in [0, 0.05) is 19.7 Å². The van der Waals surface area contributed by atoms with Gasteiger partial charge in [-0.15, -0.1) is 0 Å². The Hall–Kier alpha value is -0.610. The third-order valence-electron chi connectivity index (χ3n) is 3.81. The highest BCUT2D eigenvalue weighted by Crippen LogP contribution is 2.38. The van der Waals surface area contributed by atoms with E-state index < -0.39 is 0 Å². The van der Waals surface area contributed by atoms with E-state index in [1.54, 1.807) is 7.11 Å². The van der Waals surface area contributed by atoms with Crippen LogP contribution in [0.5, 0.6) is 0 Å². The molecule has 0 heterocycles. The van der Waals surface area contributed by atoms with Crippen molar-refractivity contribution in [1.82, 2.24) is 10.6 Å². The molecule has 106 valence electrons. The second kappa shape index (κ2) is 7.10. The fourth-order valence-electron chi connectivity index (χ4n) is 2.80. The van der Waals surface area contributed by atoms with E-state index in [4.69, 9.17) is 4.74 Å². The summed E-state index contributed by atoms with van der Waals surface area (Å²) in [4.78, 5) is 11.8. The molecule has 1 amide bonds. The van der Waals surface area contributed by atoms with Crippen LogP contribution in [0.1, 0.15) is 40.0 Å². The van der Waals surface area contributed by atoms with Crippen LogP contribution < -0.4 is 10.6 Å². The summed E-state index contributed by atoms with van der Waals surface area (Å²) in [5.74, 6) is 0.666. The Morgan fingerprint density at radius 1 is 1.44 bits per heavy atom. The highest BCUT2D eigenvalue weighted by molar-refractivity contribution is 5.78. The van der Waals surface area contributed by atoms with Crippen LogP contribution >= 0.6 is 0 Å². The summed E-state index contributed by atoms with van der Waals surface area (Å²) >= 11 is 0. The normalized spacial score (nSPS) is 26.9. The van der Waals surface area contributed by atoms with Gasteiger partial charge in [0.25, 0.3) is 0 Å². The van der Waals surface area contributed by atoms with Gasteiger partial charge in [-0.3, -0.25) is 4.79 Å². The molecule has 1 fully saturated rings. The van der Waals surface area contributed by atoms with Crippen molar-refractivity contribution in [3.05, 3.63) is 0 Å². The first-order valence-electron chi connectivity index (χ1n) is 6.93. The Morgan fingerprint density at radius 2 is 2.17 bits per heavy atom. The van der Waals surface area contributed by atoms with Gasteiger partial charge in [-0.25, -0.2) is 0 Å². The van der Waals surface area contributed by atoms with Crippen molar-refractivity contribution in [1.29, 1.82) is 0 Å². The predicted molar refractivity (Wildman–Crippen MR) is 73.5 cm³/mol. The van der Waals surface area contributed by atoms with Crippen molar-refractivity contribution in [3.8, 4) is 0 Å². The summed E-state index contributed by atoms with van der Waals surface area (Å²) < 4.78 is 4.92. The molecule has 1 rings (SSSR count). The maximum absolute atomic E-state index is 11.8. The van der Waals surface area contributed by atoms with Crippen molar-refractivity contribution in [2.45, 2.75) is 46.1 Å². The molecule has 18 heavy (non-hydrogen) atoms. The van der Waals surface area contributed by atoms with Gasteiger partial charge in [0.05, 0.1) is 13.2 Å². The van der Waals surface area contributed by atoms with Crippen LogP contribution in [-0.2, 0) is 9.53 Å². The number of methoxy groups -OCH3 is 1. The number of hydrogen-bond acceptors (Lipinski definition) is 3. The molecule has 1 saturated carbocycles. The lowest BCUT2D eigenvalue weighted by Gasteiger charge is -2.39. The Bertz CT molecular complexity index is 267. The number of carbonyl (C=O) groups is 1. The molecular weight excluding hydrogens is 228 g/mol. The lowest BCUT2D eigenvalue weighted by atomic mass is 9.70. The molecule has 2 unspecified atom stereocenters. The van der Waals surface area contributed by atoms with E-state index in [1.165, 1.54) is 12.8 Å². The first-order valence-corrected chi connectivity index (χ1v) is 6.93. The molecule has 0 bridgehead atoms. The van der Waals surface area contributed by atoms with E-state index in [1.807, 2.05) is 0 Å². The van der Waals surface area contributed by atoms with Crippen LogP contribution in [-0.4, -0.2) is 38.8 Å². The molecule has 0 saturated heterocycles. The molecule has 2 atom stereocenters. The van der Waals surface area contributed by atoms with Crippen molar-refractivity contribution in [2.24, 2.45) is 11.3 Å². The third-order valence-corrected chi connectivity index (χ3v) is 3.81. The van der Waals surface area contributed by atoms with Crippen LogP contribution in [0.15, 0.2) is 0 Å². The summed E-state index contributed by atoms with van der Waals surface area (Å²) in [6.45, 7) is 8.61. The minimum atomic E-state index is 0.0997. The van der Waals surface area contributed by atoms with Crippen molar-refractivity contribution >= 4 is 5.91 Å². The second-order valence-corrected chi connectivity index (χ2v) is 6.23. The van der Waals surface area contributed by atoms with Gasteiger partial charge < -0.3 is 15.4 Å². The number of carbonyl (C=O) groups excluding carboxylic acids is 1. The van der Waals surface area contributed by atoms with Crippen LogP contribution in [0, 0.1) is 11.3 Å². The lowest BCUT2D eigenvalue weighted by molar-refractivity contribution is -0.121. The summed E-state index contributed by atoms with van der Waals surface area (Å²) in [6, 6.07) is 0.342. The van der Waals surface area contributed by atoms with Crippen molar-refractivity contribution in [3.63, 3.8) is 0 Å². The molecule has 4 nitrogen and oxygen atoms in total. The Balaban J connectivity index is 2.24. The standard InChI is InChI=1S/C14H28N2O2/c1-11-9-14(2,3)6-5-12(11)16-13(17)10-15-7-8-18-4/h11-12,15H,5-10H2,1-4H3,(H,16,17). The summed E-state index contributed by atoms with van der Waals surface area (Å²) in [5, 5.41) is 6.21. The molecule has 1 aliphatic carbocycles. The van der Waals surface area contributed by atoms with E-state index in [2.05, 4.69) is 31.4 Å². The molecule has 1 aliphatic rings. The maximum atomic E-state index is 11.8. The van der Waals surface area contributed by atoms with Crippen molar-refractivity contribution in [2.75, 3.05) is 26.8 Å². The van der Waals surface area contributed by atoms with Crippen LogP contribution in [0.3, 0.4) is 0 Å². The third kappa shape index (κ3) is 5.36. The van der Waals surface area contributed by atoms with Crippen LogP contribution in [0.2, 0.25) is 0 Å². The Morgan fingerprint density at radius 3 is 2.78 bits per heavy atom. The largest absolute Gasteiger partial charge is 0.383 e. The van der Waals surface area contributed by atoms with E-state index in [0.29, 0.717) is 30.5 Å². The van der Waals surface area contributed by atoms with E-state index in [9.17, 15) is 4.79 Å². The predicted octanol–water partition coefficient (Wildman–Crippen LogP) is 1.55. The minimum Gasteiger partial charge on any atom is -0.383 e. The maximum Gasteiger partial charge on any atom is 0.234 e. The molecule has 0 spiro atoms. The number of hydrogen-bond donors (Lipinski definition) is 2. The number of amides is 1. The zero-order valence-electron chi connectivity index (χ0n) is 12.2. The fourth-order valence-corrected chi connectivity index (χ4v) is 2.80. The second-order valence-electron chi connectivity index (χ2n) is 6.23. The Kier molecular flexibility index (Phi) is 6.09. The van der Waals surface area contributed by atoms with Crippen molar-refractivity contribution < 1.29 is 9.53 Å². The zero-order valence-corrected chi connectivity index (χ0v) is 12.2. The first-order chi connectivity index (χ1) is 8.44. The number of rotatable bonds is 6. The van der Waals surface area contributed by atoms with Gasteiger partial charge in [0.15, 0.2) is 0 Å². The van der Waals surface area contributed by atoms with E-state index in [0.717, 1.165) is 13.0 Å². The monoisotopic (exact) mass is 256 g/mol. The summed E-state index contributed by atoms with van der Waals surface area (Å²) in [6.07, 6.45) is 3.48. The van der Waals surface area contributed by atoms with Crippen LogP contribution in [0.4, 0.5) is 0 Å². The Labute approximate surface area is 111 Å². The fraction of sp³-hybridized carbons (Fsp3) is 0.929. The van der Waals surface area contributed by atoms with Gasteiger partial charge in [-0.2, -0.15) is 0 Å². The van der Waals surface area contributed by atoms with Gasteiger partial charge in [0.1, 0.15) is 0 Å². The number of nitrogens with one attached hydrogen (secondary N) is 2. The average molecular weight is 256 g/mol. The highest BCUT2D eigenvalue weighted by atomic mass is 16.5. The highest BCUT2D eigenvalue weighted by Gasteiger charge is 2.32. The van der Waals surface area contributed by atoms with Gasteiger partial charge >= 0.3 is 0 Å². The summed E-state index contributed by atoms with van der Waals surface area (Å²) in [5.41, 5.74) is 0.428. The molecule has 4 heteroatoms. The van der Waals surface area contributed by atoms with E-state index in [-0.39, 0.29) is 5.91 Å². The number of ether oxygens (including phenoxy) is 1. The quantitative estimate of drug-likeness (QED) is 0.709. The topological polar surface area (TPSA) is 50.4 Å². The SMILES string of the molecule is COCCNCC(=O)NC1CCC(C)(C)CC1C. The van der Waals surface area contributed by atoms with Gasteiger partial charge in [-0.05, 0) is 30.6 Å². The molecule has 0 radical (unpaired) electrons. The zero-order chi connectivity index (χ0) is 13.6. The average Bonchev–Trinajstić information content (AvgIpc) is 2.28. The summed E-state index contributed by atoms with van der Waals surface area (Å²) in [7, 11) is 1.66. The molecule has 0 aromatic heterocycles. The van der Waals surface area contributed by atoms with E-state index >= 15 is 0 Å². The van der Waals surface area contributed by atoms with Crippen LogP contribution in [0.25, 0.3) is 0 Å². The smallest absolute Gasteiger partial charge is 0.234 e.